The highest BCUT2D eigenvalue weighted by Gasteiger charge is 2.15. The van der Waals surface area contributed by atoms with Gasteiger partial charge < -0.3 is 5.32 Å². The Morgan fingerprint density at radius 1 is 1.50 bits per heavy atom. The molecule has 0 saturated heterocycles. The van der Waals surface area contributed by atoms with Crippen molar-refractivity contribution in [2.24, 2.45) is 0 Å². The third-order valence-electron chi connectivity index (χ3n) is 1.40. The summed E-state index contributed by atoms with van der Waals surface area (Å²) in [5, 5.41) is 9.19. The third-order valence-corrected chi connectivity index (χ3v) is 1.63. The third kappa shape index (κ3) is 3.26. The van der Waals surface area contributed by atoms with Crippen molar-refractivity contribution < 1.29 is 4.79 Å². The van der Waals surface area contributed by atoms with E-state index in [1.54, 1.807) is 12.1 Å². The van der Waals surface area contributed by atoms with Crippen molar-refractivity contribution in [2.45, 2.75) is 26.3 Å². The lowest BCUT2D eigenvalue weighted by molar-refractivity contribution is 0.0913. The van der Waals surface area contributed by atoms with Crippen molar-refractivity contribution in [2.75, 3.05) is 0 Å². The molecule has 0 bridgehead atoms. The van der Waals surface area contributed by atoms with E-state index in [0.29, 0.717) is 10.3 Å². The van der Waals surface area contributed by atoms with E-state index in [4.69, 9.17) is 12.2 Å². The average Bonchev–Trinajstić information content (AvgIpc) is 2.02. The van der Waals surface area contributed by atoms with Gasteiger partial charge in [-0.15, -0.1) is 0 Å². The van der Waals surface area contributed by atoms with Gasteiger partial charge >= 0.3 is 0 Å². The van der Waals surface area contributed by atoms with Crippen LogP contribution in [0.15, 0.2) is 12.1 Å². The molecule has 0 aliphatic carbocycles. The first-order valence-corrected chi connectivity index (χ1v) is 4.67. The van der Waals surface area contributed by atoms with E-state index in [9.17, 15) is 4.79 Å². The molecule has 0 unspecified atom stereocenters. The maximum atomic E-state index is 11.5. The monoisotopic (exact) mass is 211 g/mol. The molecule has 1 aromatic rings. The molecule has 5 heteroatoms. The second-order valence-electron chi connectivity index (χ2n) is 4.01. The Bertz CT molecular complexity index is 371. The average molecular weight is 211 g/mol. The highest BCUT2D eigenvalue weighted by atomic mass is 32.1. The molecule has 0 radical (unpaired) electrons. The van der Waals surface area contributed by atoms with Gasteiger partial charge in [0.2, 0.25) is 0 Å². The number of carbonyl (C=O) groups is 1. The molecule has 1 amide bonds. The molecule has 1 rings (SSSR count). The molecule has 1 aromatic heterocycles. The zero-order chi connectivity index (χ0) is 10.8. The lowest BCUT2D eigenvalue weighted by Crippen LogP contribution is -2.41. The molecule has 0 aliphatic rings. The largest absolute Gasteiger partial charge is 0.346 e. The van der Waals surface area contributed by atoms with Crippen molar-refractivity contribution in [3.8, 4) is 0 Å². The number of hydrogen-bond acceptors (Lipinski definition) is 3. The Kier molecular flexibility index (Phi) is 3.00. The first kappa shape index (κ1) is 10.8. The van der Waals surface area contributed by atoms with Crippen molar-refractivity contribution >= 4 is 18.1 Å². The van der Waals surface area contributed by atoms with Crippen LogP contribution in [0.2, 0.25) is 0 Å². The SMILES string of the molecule is CC(C)(C)NC(=O)c1ccc(=S)[nH]n1. The Morgan fingerprint density at radius 3 is 2.57 bits per heavy atom. The minimum absolute atomic E-state index is 0.205. The maximum Gasteiger partial charge on any atom is 0.272 e. The van der Waals surface area contributed by atoms with Crippen LogP contribution in [-0.4, -0.2) is 21.6 Å². The van der Waals surface area contributed by atoms with E-state index >= 15 is 0 Å². The number of rotatable bonds is 1. The maximum absolute atomic E-state index is 11.5. The molecule has 0 aliphatic heterocycles. The summed E-state index contributed by atoms with van der Waals surface area (Å²) in [7, 11) is 0. The molecule has 14 heavy (non-hydrogen) atoms. The van der Waals surface area contributed by atoms with Gasteiger partial charge in [-0.2, -0.15) is 5.10 Å². The smallest absolute Gasteiger partial charge is 0.272 e. The topological polar surface area (TPSA) is 57.8 Å². The number of amides is 1. The number of nitrogens with one attached hydrogen (secondary N) is 2. The lowest BCUT2D eigenvalue weighted by Gasteiger charge is -2.19. The van der Waals surface area contributed by atoms with Gasteiger partial charge in [-0.1, -0.05) is 12.2 Å². The predicted octanol–water partition coefficient (Wildman–Crippen LogP) is 1.67. The van der Waals surface area contributed by atoms with Crippen LogP contribution >= 0.6 is 12.2 Å². The second kappa shape index (κ2) is 3.88. The highest BCUT2D eigenvalue weighted by Crippen LogP contribution is 2.01. The van der Waals surface area contributed by atoms with Gasteiger partial charge in [0, 0.05) is 5.54 Å². The quantitative estimate of drug-likeness (QED) is 0.695. The van der Waals surface area contributed by atoms with Crippen LogP contribution < -0.4 is 5.32 Å². The van der Waals surface area contributed by atoms with Crippen LogP contribution in [0, 0.1) is 4.64 Å². The fourth-order valence-electron chi connectivity index (χ4n) is 0.876. The standard InChI is InChI=1S/C9H13N3OS/c1-9(2,3)10-8(13)6-4-5-7(14)12-11-6/h4-5H,1-3H3,(H,10,13)(H,12,14). The molecule has 0 saturated carbocycles. The molecule has 0 aromatic carbocycles. The van der Waals surface area contributed by atoms with Gasteiger partial charge in [-0.25, -0.2) is 0 Å². The van der Waals surface area contributed by atoms with Gasteiger partial charge in [-0.3, -0.25) is 9.89 Å². The number of nitrogens with zero attached hydrogens (tertiary/aromatic N) is 1. The highest BCUT2D eigenvalue weighted by molar-refractivity contribution is 7.71. The number of hydrogen-bond donors (Lipinski definition) is 2. The fourth-order valence-corrected chi connectivity index (χ4v) is 0.989. The Hall–Kier alpha value is -1.23. The summed E-state index contributed by atoms with van der Waals surface area (Å²) in [6.45, 7) is 5.74. The minimum Gasteiger partial charge on any atom is -0.346 e. The summed E-state index contributed by atoms with van der Waals surface area (Å²) in [5.74, 6) is -0.205. The second-order valence-corrected chi connectivity index (χ2v) is 4.45. The van der Waals surface area contributed by atoms with E-state index in [2.05, 4.69) is 15.5 Å². The van der Waals surface area contributed by atoms with Gasteiger partial charge in [0.1, 0.15) is 10.3 Å². The summed E-state index contributed by atoms with van der Waals surface area (Å²) >= 11 is 4.82. The van der Waals surface area contributed by atoms with E-state index in [1.165, 1.54) is 0 Å². The minimum atomic E-state index is -0.259. The first-order valence-electron chi connectivity index (χ1n) is 4.27. The van der Waals surface area contributed by atoms with Gasteiger partial charge in [0.05, 0.1) is 0 Å². The van der Waals surface area contributed by atoms with E-state index < -0.39 is 0 Å². The Morgan fingerprint density at radius 2 is 2.14 bits per heavy atom. The normalized spacial score (nSPS) is 11.1. The molecule has 4 nitrogen and oxygen atoms in total. The van der Waals surface area contributed by atoms with E-state index in [1.807, 2.05) is 20.8 Å². The number of carbonyl (C=O) groups excluding carboxylic acids is 1. The molecular formula is C9H13N3OS. The number of aromatic nitrogens is 2. The predicted molar refractivity (Wildman–Crippen MR) is 56.6 cm³/mol. The van der Waals surface area contributed by atoms with Gasteiger partial charge in [0.25, 0.3) is 5.91 Å². The van der Waals surface area contributed by atoms with Crippen LogP contribution in [0.1, 0.15) is 31.3 Å². The molecule has 0 atom stereocenters. The zero-order valence-electron chi connectivity index (χ0n) is 8.42. The molecule has 0 fully saturated rings. The Balaban J connectivity index is 2.81. The van der Waals surface area contributed by atoms with Crippen molar-refractivity contribution in [1.82, 2.24) is 15.5 Å². The van der Waals surface area contributed by atoms with E-state index in [0.717, 1.165) is 0 Å². The van der Waals surface area contributed by atoms with Crippen LogP contribution in [-0.2, 0) is 0 Å². The van der Waals surface area contributed by atoms with Crippen molar-refractivity contribution in [3.05, 3.63) is 22.5 Å². The summed E-state index contributed by atoms with van der Waals surface area (Å²) < 4.78 is 0.511. The molecule has 76 valence electrons. The summed E-state index contributed by atoms with van der Waals surface area (Å²) in [6.07, 6.45) is 0. The number of H-pyrrole nitrogens is 1. The van der Waals surface area contributed by atoms with Gasteiger partial charge in [-0.05, 0) is 32.9 Å². The summed E-state index contributed by atoms with van der Waals surface area (Å²) in [6, 6.07) is 3.24. The summed E-state index contributed by atoms with van der Waals surface area (Å²) in [4.78, 5) is 11.5. The Labute approximate surface area is 87.7 Å². The first-order chi connectivity index (χ1) is 6.38. The number of aromatic amines is 1. The van der Waals surface area contributed by atoms with E-state index in [-0.39, 0.29) is 11.4 Å². The van der Waals surface area contributed by atoms with Crippen LogP contribution in [0.3, 0.4) is 0 Å². The molecule has 2 N–H and O–H groups in total. The van der Waals surface area contributed by atoms with Gasteiger partial charge in [0.15, 0.2) is 0 Å². The summed E-state index contributed by atoms with van der Waals surface area (Å²) in [5.41, 5.74) is 0.0827. The van der Waals surface area contributed by atoms with Crippen LogP contribution in [0.4, 0.5) is 0 Å². The zero-order valence-corrected chi connectivity index (χ0v) is 9.23. The molecular weight excluding hydrogens is 198 g/mol. The van der Waals surface area contributed by atoms with Crippen molar-refractivity contribution in [1.29, 1.82) is 0 Å². The fraction of sp³-hybridized carbons (Fsp3) is 0.444. The lowest BCUT2D eigenvalue weighted by atomic mass is 10.1. The molecule has 0 spiro atoms. The van der Waals surface area contributed by atoms with Crippen LogP contribution in [0.25, 0.3) is 0 Å². The molecule has 1 heterocycles. The van der Waals surface area contributed by atoms with Crippen LogP contribution in [0.5, 0.6) is 0 Å². The van der Waals surface area contributed by atoms with Crippen molar-refractivity contribution in [3.63, 3.8) is 0 Å².